The first-order valence-electron chi connectivity index (χ1n) is 5.39. The molecule has 1 aromatic carbocycles. The van der Waals surface area contributed by atoms with Gasteiger partial charge in [-0.15, -0.1) is 0 Å². The van der Waals surface area contributed by atoms with E-state index in [0.717, 1.165) is 5.56 Å². The molecule has 6 heteroatoms. The van der Waals surface area contributed by atoms with Crippen LogP contribution in [0.1, 0.15) is 12.5 Å². The number of amides is 1. The molecule has 6 nitrogen and oxygen atoms in total. The van der Waals surface area contributed by atoms with E-state index in [2.05, 4.69) is 5.32 Å². The highest BCUT2D eigenvalue weighted by Crippen LogP contribution is 2.01. The van der Waals surface area contributed by atoms with Crippen LogP contribution in [0.15, 0.2) is 30.3 Å². The summed E-state index contributed by atoms with van der Waals surface area (Å²) in [6.07, 6.45) is -2.08. The molecule has 0 fully saturated rings. The molecule has 1 amide bonds. The predicted molar refractivity (Wildman–Crippen MR) is 62.9 cm³/mol. The molecule has 98 valence electrons. The molecule has 3 N–H and O–H groups in total. The van der Waals surface area contributed by atoms with Gasteiger partial charge in [-0.25, -0.2) is 9.59 Å². The Morgan fingerprint density at radius 3 is 2.44 bits per heavy atom. The van der Waals surface area contributed by atoms with Crippen LogP contribution < -0.4 is 5.32 Å². The lowest BCUT2D eigenvalue weighted by atomic mass is 10.2. The van der Waals surface area contributed by atoms with Crippen molar-refractivity contribution in [2.75, 3.05) is 0 Å². The van der Waals surface area contributed by atoms with Crippen LogP contribution in [-0.2, 0) is 16.1 Å². The lowest BCUT2D eigenvalue weighted by molar-refractivity contribution is -0.142. The molecule has 0 radical (unpaired) electrons. The van der Waals surface area contributed by atoms with Crippen molar-refractivity contribution >= 4 is 12.1 Å². The van der Waals surface area contributed by atoms with Gasteiger partial charge >= 0.3 is 12.1 Å². The van der Waals surface area contributed by atoms with Crippen LogP contribution in [0, 0.1) is 0 Å². The standard InChI is InChI=1S/C12H15NO5/c1-8(14)10(11(15)16)13-12(17)18-7-9-5-3-2-4-6-9/h2-6,8,10,14H,7H2,1H3,(H,13,17)(H,15,16)/t8-,10+/m0/s1. The first-order chi connectivity index (χ1) is 8.50. The van der Waals surface area contributed by atoms with Crippen LogP contribution in [0.25, 0.3) is 0 Å². The van der Waals surface area contributed by atoms with Gasteiger partial charge in [-0.2, -0.15) is 0 Å². The molecule has 0 bridgehead atoms. The van der Waals surface area contributed by atoms with Gasteiger partial charge in [0.25, 0.3) is 0 Å². The number of carboxylic acid groups (broad SMARTS) is 1. The van der Waals surface area contributed by atoms with Crippen LogP contribution in [0.2, 0.25) is 0 Å². The Bertz CT molecular complexity index is 404. The van der Waals surface area contributed by atoms with Crippen molar-refractivity contribution in [1.29, 1.82) is 0 Å². The third-order valence-corrected chi connectivity index (χ3v) is 2.23. The number of aliphatic hydroxyl groups is 1. The highest BCUT2D eigenvalue weighted by Gasteiger charge is 2.25. The molecule has 0 heterocycles. The summed E-state index contributed by atoms with van der Waals surface area (Å²) in [6, 6.07) is 7.59. The lowest BCUT2D eigenvalue weighted by Crippen LogP contribution is -2.47. The fourth-order valence-electron chi connectivity index (χ4n) is 1.28. The Labute approximate surface area is 104 Å². The summed E-state index contributed by atoms with van der Waals surface area (Å²) < 4.78 is 4.83. The third-order valence-electron chi connectivity index (χ3n) is 2.23. The summed E-state index contributed by atoms with van der Waals surface area (Å²) in [5.74, 6) is -1.32. The minimum Gasteiger partial charge on any atom is -0.480 e. The normalized spacial score (nSPS) is 13.4. The van der Waals surface area contributed by atoms with Crippen LogP contribution in [-0.4, -0.2) is 34.4 Å². The van der Waals surface area contributed by atoms with Crippen molar-refractivity contribution in [3.05, 3.63) is 35.9 Å². The van der Waals surface area contributed by atoms with Gasteiger partial charge in [-0.3, -0.25) is 0 Å². The molecular formula is C12H15NO5. The van der Waals surface area contributed by atoms with E-state index in [1.54, 1.807) is 24.3 Å². The van der Waals surface area contributed by atoms with Crippen molar-refractivity contribution in [3.8, 4) is 0 Å². The number of ether oxygens (including phenoxy) is 1. The van der Waals surface area contributed by atoms with Crippen molar-refractivity contribution in [2.45, 2.75) is 25.7 Å². The lowest BCUT2D eigenvalue weighted by Gasteiger charge is -2.16. The van der Waals surface area contributed by atoms with E-state index in [-0.39, 0.29) is 6.61 Å². The smallest absolute Gasteiger partial charge is 0.408 e. The van der Waals surface area contributed by atoms with E-state index in [0.29, 0.717) is 0 Å². The average Bonchev–Trinajstić information content (AvgIpc) is 2.34. The molecule has 0 saturated heterocycles. The van der Waals surface area contributed by atoms with Gasteiger partial charge in [-0.1, -0.05) is 30.3 Å². The van der Waals surface area contributed by atoms with E-state index in [4.69, 9.17) is 14.9 Å². The molecule has 2 atom stereocenters. The number of nitrogens with one attached hydrogen (secondary N) is 1. The number of alkyl carbamates (subject to hydrolysis) is 1. The zero-order chi connectivity index (χ0) is 13.5. The fraction of sp³-hybridized carbons (Fsp3) is 0.333. The van der Waals surface area contributed by atoms with E-state index < -0.39 is 24.2 Å². The zero-order valence-corrected chi connectivity index (χ0v) is 9.87. The number of hydrogen-bond donors (Lipinski definition) is 3. The molecule has 0 aliphatic heterocycles. The number of carbonyl (C=O) groups is 2. The highest BCUT2D eigenvalue weighted by atomic mass is 16.5. The maximum Gasteiger partial charge on any atom is 0.408 e. The number of rotatable bonds is 5. The van der Waals surface area contributed by atoms with E-state index >= 15 is 0 Å². The molecule has 0 saturated carbocycles. The number of benzene rings is 1. The number of aliphatic hydroxyl groups excluding tert-OH is 1. The molecule has 0 unspecified atom stereocenters. The molecule has 18 heavy (non-hydrogen) atoms. The second-order valence-electron chi connectivity index (χ2n) is 3.76. The SMILES string of the molecule is C[C@H](O)[C@@H](NC(=O)OCc1ccccc1)C(=O)O. The predicted octanol–water partition coefficient (Wildman–Crippen LogP) is 0.747. The van der Waals surface area contributed by atoms with Crippen molar-refractivity contribution < 1.29 is 24.5 Å². The van der Waals surface area contributed by atoms with Crippen molar-refractivity contribution in [2.24, 2.45) is 0 Å². The Balaban J connectivity index is 2.44. The summed E-state index contributed by atoms with van der Waals surface area (Å²) >= 11 is 0. The topological polar surface area (TPSA) is 95.9 Å². The highest BCUT2D eigenvalue weighted by molar-refractivity contribution is 5.80. The van der Waals surface area contributed by atoms with E-state index in [1.165, 1.54) is 6.92 Å². The van der Waals surface area contributed by atoms with Gasteiger partial charge in [0.15, 0.2) is 6.04 Å². The zero-order valence-electron chi connectivity index (χ0n) is 9.87. The number of carboxylic acids is 1. The maximum atomic E-state index is 11.3. The van der Waals surface area contributed by atoms with Gasteiger partial charge < -0.3 is 20.3 Å². The monoisotopic (exact) mass is 253 g/mol. The number of hydrogen-bond acceptors (Lipinski definition) is 4. The Morgan fingerprint density at radius 1 is 1.33 bits per heavy atom. The molecule has 0 spiro atoms. The molecule has 0 aliphatic rings. The molecule has 0 aromatic heterocycles. The first kappa shape index (κ1) is 14.0. The molecule has 1 aromatic rings. The Hall–Kier alpha value is -2.08. The molecular weight excluding hydrogens is 238 g/mol. The quantitative estimate of drug-likeness (QED) is 0.719. The number of aliphatic carboxylic acids is 1. The molecule has 1 rings (SSSR count). The number of carbonyl (C=O) groups excluding carboxylic acids is 1. The summed E-state index contributed by atoms with van der Waals surface area (Å²) in [5, 5.41) is 20.0. The summed E-state index contributed by atoms with van der Waals surface area (Å²) in [4.78, 5) is 22.0. The summed E-state index contributed by atoms with van der Waals surface area (Å²) in [7, 11) is 0. The Morgan fingerprint density at radius 2 is 1.94 bits per heavy atom. The summed E-state index contributed by atoms with van der Waals surface area (Å²) in [5.41, 5.74) is 0.788. The van der Waals surface area contributed by atoms with Gasteiger partial charge in [-0.05, 0) is 12.5 Å². The largest absolute Gasteiger partial charge is 0.480 e. The second-order valence-corrected chi connectivity index (χ2v) is 3.76. The van der Waals surface area contributed by atoms with Gasteiger partial charge in [0.2, 0.25) is 0 Å². The molecule has 0 aliphatic carbocycles. The average molecular weight is 253 g/mol. The van der Waals surface area contributed by atoms with Crippen LogP contribution in [0.5, 0.6) is 0 Å². The van der Waals surface area contributed by atoms with E-state index in [9.17, 15) is 9.59 Å². The maximum absolute atomic E-state index is 11.3. The second kappa shape index (κ2) is 6.61. The van der Waals surface area contributed by atoms with E-state index in [1.807, 2.05) is 6.07 Å². The minimum absolute atomic E-state index is 0.0405. The van der Waals surface area contributed by atoms with Gasteiger partial charge in [0.05, 0.1) is 6.10 Å². The van der Waals surface area contributed by atoms with Crippen LogP contribution in [0.3, 0.4) is 0 Å². The summed E-state index contributed by atoms with van der Waals surface area (Å²) in [6.45, 7) is 1.31. The van der Waals surface area contributed by atoms with Gasteiger partial charge in [0, 0.05) is 0 Å². The van der Waals surface area contributed by atoms with Gasteiger partial charge in [0.1, 0.15) is 6.61 Å². The first-order valence-corrected chi connectivity index (χ1v) is 5.39. The van der Waals surface area contributed by atoms with Crippen molar-refractivity contribution in [3.63, 3.8) is 0 Å². The van der Waals surface area contributed by atoms with Crippen LogP contribution >= 0.6 is 0 Å². The fourth-order valence-corrected chi connectivity index (χ4v) is 1.28. The van der Waals surface area contributed by atoms with Crippen molar-refractivity contribution in [1.82, 2.24) is 5.32 Å². The third kappa shape index (κ3) is 4.42. The minimum atomic E-state index is -1.38. The van der Waals surface area contributed by atoms with Crippen LogP contribution in [0.4, 0.5) is 4.79 Å². The Kier molecular flexibility index (Phi) is 5.13.